The number of benzene rings is 1. The molecule has 0 saturated carbocycles. The summed E-state index contributed by atoms with van der Waals surface area (Å²) in [6.07, 6.45) is 0.448. The molecular formula is C13H12BrClN2O3. The Labute approximate surface area is 129 Å². The number of ether oxygens (including phenoxy) is 2. The second-order valence-electron chi connectivity index (χ2n) is 3.88. The molecule has 1 heterocycles. The fourth-order valence-electron chi connectivity index (χ4n) is 1.64. The van der Waals surface area contributed by atoms with Gasteiger partial charge in [-0.3, -0.25) is 0 Å². The first-order chi connectivity index (χ1) is 9.56. The molecule has 0 bridgehead atoms. The first-order valence-electron chi connectivity index (χ1n) is 5.64. The lowest BCUT2D eigenvalue weighted by molar-refractivity contribution is 0.206. The van der Waals surface area contributed by atoms with Gasteiger partial charge in [0.05, 0.1) is 25.4 Å². The van der Waals surface area contributed by atoms with E-state index in [9.17, 15) is 5.11 Å². The van der Waals surface area contributed by atoms with E-state index in [0.717, 1.165) is 0 Å². The first-order valence-corrected chi connectivity index (χ1v) is 6.81. The third kappa shape index (κ3) is 3.03. The van der Waals surface area contributed by atoms with Gasteiger partial charge in [-0.15, -0.1) is 0 Å². The lowest BCUT2D eigenvalue weighted by Gasteiger charge is -2.14. The van der Waals surface area contributed by atoms with Crippen LogP contribution in [0.2, 0.25) is 5.02 Å². The Balaban J connectivity index is 2.41. The van der Waals surface area contributed by atoms with Crippen LogP contribution >= 0.6 is 27.5 Å². The van der Waals surface area contributed by atoms with Gasteiger partial charge in [-0.2, -0.15) is 4.98 Å². The van der Waals surface area contributed by atoms with Crippen molar-refractivity contribution in [2.75, 3.05) is 14.2 Å². The molecule has 2 rings (SSSR count). The molecule has 0 saturated heterocycles. The van der Waals surface area contributed by atoms with Crippen LogP contribution in [0.5, 0.6) is 11.8 Å². The molecule has 1 atom stereocenters. The number of nitrogens with zero attached hydrogens (tertiary/aromatic N) is 2. The van der Waals surface area contributed by atoms with Crippen LogP contribution in [0.4, 0.5) is 0 Å². The van der Waals surface area contributed by atoms with Gasteiger partial charge in [-0.1, -0.05) is 17.7 Å². The van der Waals surface area contributed by atoms with Gasteiger partial charge in [-0.05, 0) is 33.6 Å². The normalized spacial score (nSPS) is 12.1. The fourth-order valence-corrected chi connectivity index (χ4v) is 2.16. The molecule has 1 unspecified atom stereocenters. The van der Waals surface area contributed by atoms with Crippen molar-refractivity contribution in [3.05, 3.63) is 45.1 Å². The van der Waals surface area contributed by atoms with E-state index in [1.54, 1.807) is 18.2 Å². The van der Waals surface area contributed by atoms with E-state index in [-0.39, 0.29) is 5.88 Å². The second kappa shape index (κ2) is 6.39. The Hall–Kier alpha value is -1.37. The highest BCUT2D eigenvalue weighted by molar-refractivity contribution is 9.10. The van der Waals surface area contributed by atoms with E-state index < -0.39 is 6.10 Å². The number of rotatable bonds is 4. The van der Waals surface area contributed by atoms with E-state index in [1.807, 2.05) is 0 Å². The highest BCUT2D eigenvalue weighted by Gasteiger charge is 2.20. The Morgan fingerprint density at radius 1 is 1.30 bits per heavy atom. The van der Waals surface area contributed by atoms with Gasteiger partial charge in [0.2, 0.25) is 11.8 Å². The zero-order chi connectivity index (χ0) is 14.7. The highest BCUT2D eigenvalue weighted by Crippen LogP contribution is 2.31. The molecule has 0 spiro atoms. The van der Waals surface area contributed by atoms with Crippen LogP contribution in [-0.2, 0) is 0 Å². The number of halogens is 2. The minimum atomic E-state index is -0.975. The number of hydrogen-bond acceptors (Lipinski definition) is 5. The zero-order valence-electron chi connectivity index (χ0n) is 10.8. The molecule has 1 aromatic heterocycles. The molecule has 0 amide bonds. The Morgan fingerprint density at radius 3 is 2.65 bits per heavy atom. The van der Waals surface area contributed by atoms with Crippen molar-refractivity contribution >= 4 is 27.5 Å². The SMILES string of the molecule is COc1cnc(C(O)c2ccc(Cl)c(Br)c2)c(OC)n1. The molecule has 5 nitrogen and oxygen atoms in total. The van der Waals surface area contributed by atoms with E-state index in [4.69, 9.17) is 21.1 Å². The Bertz CT molecular complexity index is 625. The quantitative estimate of drug-likeness (QED) is 0.909. The number of aliphatic hydroxyl groups excluding tert-OH is 1. The van der Waals surface area contributed by atoms with Crippen LogP contribution in [0.3, 0.4) is 0 Å². The molecule has 0 radical (unpaired) electrons. The molecule has 0 aliphatic rings. The molecule has 1 aromatic carbocycles. The third-order valence-electron chi connectivity index (χ3n) is 2.67. The summed E-state index contributed by atoms with van der Waals surface area (Å²) in [5.74, 6) is 0.526. The highest BCUT2D eigenvalue weighted by atomic mass is 79.9. The minimum Gasteiger partial charge on any atom is -0.480 e. The number of aliphatic hydroxyl groups is 1. The summed E-state index contributed by atoms with van der Waals surface area (Å²) in [5.41, 5.74) is 0.932. The monoisotopic (exact) mass is 358 g/mol. The summed E-state index contributed by atoms with van der Waals surface area (Å²) in [4.78, 5) is 8.23. The molecule has 0 aliphatic heterocycles. The van der Waals surface area contributed by atoms with E-state index in [2.05, 4.69) is 25.9 Å². The lowest BCUT2D eigenvalue weighted by atomic mass is 10.1. The van der Waals surface area contributed by atoms with E-state index >= 15 is 0 Å². The largest absolute Gasteiger partial charge is 0.480 e. The average Bonchev–Trinajstić information content (AvgIpc) is 2.48. The van der Waals surface area contributed by atoms with Crippen molar-refractivity contribution in [2.24, 2.45) is 0 Å². The van der Waals surface area contributed by atoms with Crippen molar-refractivity contribution in [3.8, 4) is 11.8 Å². The lowest BCUT2D eigenvalue weighted by Crippen LogP contribution is -2.07. The van der Waals surface area contributed by atoms with Crippen LogP contribution in [0.15, 0.2) is 28.9 Å². The molecule has 0 aliphatic carbocycles. The van der Waals surface area contributed by atoms with Crippen LogP contribution in [0.25, 0.3) is 0 Å². The predicted molar refractivity (Wildman–Crippen MR) is 78.3 cm³/mol. The van der Waals surface area contributed by atoms with Crippen molar-refractivity contribution in [1.29, 1.82) is 0 Å². The summed E-state index contributed by atoms with van der Waals surface area (Å²) in [7, 11) is 2.94. The van der Waals surface area contributed by atoms with E-state index in [0.29, 0.717) is 26.6 Å². The van der Waals surface area contributed by atoms with Crippen LogP contribution in [0.1, 0.15) is 17.4 Å². The molecule has 1 N–H and O–H groups in total. The summed E-state index contributed by atoms with van der Waals surface area (Å²) < 4.78 is 10.8. The molecular weight excluding hydrogens is 348 g/mol. The molecule has 2 aromatic rings. The van der Waals surface area contributed by atoms with Crippen LogP contribution < -0.4 is 9.47 Å². The maximum absolute atomic E-state index is 10.4. The summed E-state index contributed by atoms with van der Waals surface area (Å²) >= 11 is 9.25. The zero-order valence-corrected chi connectivity index (χ0v) is 13.1. The standard InChI is InChI=1S/C13H12BrClN2O3/c1-19-10-6-16-11(13(17-10)20-2)12(18)7-3-4-9(15)8(14)5-7/h3-6,12,18H,1-2H3. The number of hydrogen-bond donors (Lipinski definition) is 1. The molecule has 0 fully saturated rings. The minimum absolute atomic E-state index is 0.211. The van der Waals surface area contributed by atoms with Gasteiger partial charge in [0, 0.05) is 4.47 Å². The van der Waals surface area contributed by atoms with Gasteiger partial charge < -0.3 is 14.6 Å². The van der Waals surface area contributed by atoms with Crippen molar-refractivity contribution in [2.45, 2.75) is 6.10 Å². The average molecular weight is 360 g/mol. The van der Waals surface area contributed by atoms with E-state index in [1.165, 1.54) is 20.4 Å². The van der Waals surface area contributed by atoms with Crippen molar-refractivity contribution in [3.63, 3.8) is 0 Å². The van der Waals surface area contributed by atoms with Gasteiger partial charge in [-0.25, -0.2) is 4.98 Å². The molecule has 106 valence electrons. The first kappa shape index (κ1) is 15.0. The number of methoxy groups -OCH3 is 2. The van der Waals surface area contributed by atoms with Crippen molar-refractivity contribution in [1.82, 2.24) is 9.97 Å². The topological polar surface area (TPSA) is 64.5 Å². The smallest absolute Gasteiger partial charge is 0.241 e. The summed E-state index contributed by atoms with van der Waals surface area (Å²) in [6.45, 7) is 0. The fraction of sp³-hybridized carbons (Fsp3) is 0.231. The van der Waals surface area contributed by atoms with Crippen LogP contribution in [0, 0.1) is 0 Å². The maximum atomic E-state index is 10.4. The Kier molecular flexibility index (Phi) is 4.80. The maximum Gasteiger partial charge on any atom is 0.241 e. The predicted octanol–water partition coefficient (Wildman–Crippen LogP) is 2.99. The third-order valence-corrected chi connectivity index (χ3v) is 3.88. The van der Waals surface area contributed by atoms with Gasteiger partial charge >= 0.3 is 0 Å². The molecule has 7 heteroatoms. The van der Waals surface area contributed by atoms with Gasteiger partial charge in [0.15, 0.2) is 0 Å². The van der Waals surface area contributed by atoms with Crippen molar-refractivity contribution < 1.29 is 14.6 Å². The second-order valence-corrected chi connectivity index (χ2v) is 5.14. The summed E-state index contributed by atoms with van der Waals surface area (Å²) in [5, 5.41) is 11.0. The van der Waals surface area contributed by atoms with Gasteiger partial charge in [0.25, 0.3) is 0 Å². The van der Waals surface area contributed by atoms with Gasteiger partial charge in [0.1, 0.15) is 11.8 Å². The van der Waals surface area contributed by atoms with Crippen LogP contribution in [-0.4, -0.2) is 29.3 Å². The number of aromatic nitrogens is 2. The molecule has 20 heavy (non-hydrogen) atoms. The summed E-state index contributed by atoms with van der Waals surface area (Å²) in [6, 6.07) is 5.12. The Morgan fingerprint density at radius 2 is 2.05 bits per heavy atom.